The van der Waals surface area contributed by atoms with E-state index in [1.54, 1.807) is 14.2 Å². The van der Waals surface area contributed by atoms with Crippen LogP contribution in [0.2, 0.25) is 0 Å². The number of aliphatic imine (C=N–C) groups is 1. The minimum Gasteiger partial charge on any atom is -0.497 e. The summed E-state index contributed by atoms with van der Waals surface area (Å²) < 4.78 is 7.08. The SMILES string of the molecule is CN=C(NCC(=O)NCc1ccc(OC)cc1)NCc1ccccc1-n1nc(C)cc1C. The van der Waals surface area contributed by atoms with Crippen molar-refractivity contribution in [2.24, 2.45) is 4.99 Å². The van der Waals surface area contributed by atoms with Gasteiger partial charge in [0.1, 0.15) is 5.75 Å². The number of hydrogen-bond donors (Lipinski definition) is 3. The van der Waals surface area contributed by atoms with Gasteiger partial charge in [0.2, 0.25) is 5.91 Å². The van der Waals surface area contributed by atoms with Crippen molar-refractivity contribution in [1.29, 1.82) is 0 Å². The first kappa shape index (κ1) is 22.9. The van der Waals surface area contributed by atoms with Gasteiger partial charge in [-0.3, -0.25) is 9.79 Å². The lowest BCUT2D eigenvalue weighted by molar-refractivity contribution is -0.120. The molecule has 8 nitrogen and oxygen atoms in total. The third-order valence-corrected chi connectivity index (χ3v) is 4.96. The minimum atomic E-state index is -0.119. The van der Waals surface area contributed by atoms with Crippen molar-refractivity contribution in [2.75, 3.05) is 20.7 Å². The molecule has 3 N–H and O–H groups in total. The Hall–Kier alpha value is -3.81. The van der Waals surface area contributed by atoms with Gasteiger partial charge in [0.15, 0.2) is 5.96 Å². The van der Waals surface area contributed by atoms with Crippen molar-refractivity contribution in [1.82, 2.24) is 25.7 Å². The molecule has 2 aromatic carbocycles. The van der Waals surface area contributed by atoms with E-state index in [1.165, 1.54) is 0 Å². The van der Waals surface area contributed by atoms with E-state index >= 15 is 0 Å². The van der Waals surface area contributed by atoms with Crippen LogP contribution in [-0.2, 0) is 17.9 Å². The lowest BCUT2D eigenvalue weighted by Crippen LogP contribution is -2.42. The number of carbonyl (C=O) groups is 1. The fourth-order valence-electron chi connectivity index (χ4n) is 3.31. The van der Waals surface area contributed by atoms with Gasteiger partial charge < -0.3 is 20.7 Å². The Labute approximate surface area is 188 Å². The summed E-state index contributed by atoms with van der Waals surface area (Å²) in [4.78, 5) is 16.4. The predicted molar refractivity (Wildman–Crippen MR) is 126 cm³/mol. The molecule has 0 fully saturated rings. The van der Waals surface area contributed by atoms with E-state index < -0.39 is 0 Å². The molecule has 8 heteroatoms. The number of nitrogens with zero attached hydrogens (tertiary/aromatic N) is 3. The largest absolute Gasteiger partial charge is 0.497 e. The molecule has 0 bridgehead atoms. The van der Waals surface area contributed by atoms with Gasteiger partial charge in [0, 0.05) is 25.8 Å². The zero-order chi connectivity index (χ0) is 22.9. The summed E-state index contributed by atoms with van der Waals surface area (Å²) in [6.45, 7) is 5.13. The maximum Gasteiger partial charge on any atom is 0.239 e. The maximum atomic E-state index is 12.2. The van der Waals surface area contributed by atoms with Crippen LogP contribution in [0.3, 0.4) is 0 Å². The first-order valence-corrected chi connectivity index (χ1v) is 10.5. The van der Waals surface area contributed by atoms with Gasteiger partial charge in [-0.05, 0) is 49.2 Å². The zero-order valence-electron chi connectivity index (χ0n) is 19.0. The molecule has 168 valence electrons. The van der Waals surface area contributed by atoms with E-state index in [0.29, 0.717) is 19.0 Å². The second-order valence-corrected chi connectivity index (χ2v) is 7.37. The number of benzene rings is 2. The van der Waals surface area contributed by atoms with Crippen LogP contribution < -0.4 is 20.7 Å². The number of aromatic nitrogens is 2. The van der Waals surface area contributed by atoms with E-state index in [1.807, 2.05) is 67.1 Å². The molecule has 0 saturated heterocycles. The van der Waals surface area contributed by atoms with Crippen molar-refractivity contribution in [3.63, 3.8) is 0 Å². The van der Waals surface area contributed by atoms with Crippen LogP contribution in [0.15, 0.2) is 59.6 Å². The molecule has 0 saturated carbocycles. The Balaban J connectivity index is 1.51. The van der Waals surface area contributed by atoms with Crippen LogP contribution in [0.4, 0.5) is 0 Å². The molecule has 32 heavy (non-hydrogen) atoms. The highest BCUT2D eigenvalue weighted by atomic mass is 16.5. The molecule has 1 amide bonds. The normalized spacial score (nSPS) is 11.2. The number of ether oxygens (including phenoxy) is 1. The van der Waals surface area contributed by atoms with E-state index in [0.717, 1.165) is 34.0 Å². The highest BCUT2D eigenvalue weighted by molar-refractivity contribution is 5.86. The van der Waals surface area contributed by atoms with Crippen LogP contribution in [0.25, 0.3) is 5.69 Å². The number of nitrogens with one attached hydrogen (secondary N) is 3. The molecule has 0 aliphatic heterocycles. The topological polar surface area (TPSA) is 92.6 Å². The van der Waals surface area contributed by atoms with Crippen molar-refractivity contribution in [2.45, 2.75) is 26.9 Å². The van der Waals surface area contributed by atoms with Gasteiger partial charge in [-0.1, -0.05) is 30.3 Å². The van der Waals surface area contributed by atoms with E-state index in [4.69, 9.17) is 4.74 Å². The van der Waals surface area contributed by atoms with Crippen LogP contribution in [0.5, 0.6) is 5.75 Å². The fourth-order valence-corrected chi connectivity index (χ4v) is 3.31. The van der Waals surface area contributed by atoms with Crippen molar-refractivity contribution in [3.05, 3.63) is 77.1 Å². The highest BCUT2D eigenvalue weighted by Gasteiger charge is 2.10. The Morgan fingerprint density at radius 3 is 2.44 bits per heavy atom. The Bertz CT molecular complexity index is 1070. The number of aryl methyl sites for hydroxylation is 2. The van der Waals surface area contributed by atoms with E-state index in [9.17, 15) is 4.79 Å². The van der Waals surface area contributed by atoms with Gasteiger partial charge >= 0.3 is 0 Å². The second kappa shape index (κ2) is 11.0. The number of hydrogen-bond acceptors (Lipinski definition) is 4. The monoisotopic (exact) mass is 434 g/mol. The molecule has 0 atom stereocenters. The molecule has 3 aromatic rings. The molecular weight excluding hydrogens is 404 g/mol. The molecule has 0 spiro atoms. The lowest BCUT2D eigenvalue weighted by atomic mass is 10.1. The van der Waals surface area contributed by atoms with Crippen molar-refractivity contribution < 1.29 is 9.53 Å². The Morgan fingerprint density at radius 2 is 1.78 bits per heavy atom. The third-order valence-electron chi connectivity index (χ3n) is 4.96. The summed E-state index contributed by atoms with van der Waals surface area (Å²) in [5.41, 5.74) is 5.14. The number of guanidine groups is 1. The number of methoxy groups -OCH3 is 1. The Morgan fingerprint density at radius 1 is 1.03 bits per heavy atom. The second-order valence-electron chi connectivity index (χ2n) is 7.37. The number of carbonyl (C=O) groups excluding carboxylic acids is 1. The summed E-state index contributed by atoms with van der Waals surface area (Å²) in [7, 11) is 3.30. The molecule has 0 unspecified atom stereocenters. The molecule has 0 aliphatic rings. The van der Waals surface area contributed by atoms with Gasteiger partial charge in [0.05, 0.1) is 25.0 Å². The number of amides is 1. The molecular formula is C24H30N6O2. The number of para-hydroxylation sites is 1. The first-order chi connectivity index (χ1) is 15.5. The summed E-state index contributed by atoms with van der Waals surface area (Å²) >= 11 is 0. The smallest absolute Gasteiger partial charge is 0.239 e. The van der Waals surface area contributed by atoms with Crippen LogP contribution in [0.1, 0.15) is 22.5 Å². The highest BCUT2D eigenvalue weighted by Crippen LogP contribution is 2.17. The third kappa shape index (κ3) is 6.10. The molecule has 3 rings (SSSR count). The summed E-state index contributed by atoms with van der Waals surface area (Å²) in [6, 6.07) is 17.7. The van der Waals surface area contributed by atoms with Crippen LogP contribution in [0, 0.1) is 13.8 Å². The van der Waals surface area contributed by atoms with E-state index in [2.05, 4.69) is 32.1 Å². The summed E-state index contributed by atoms with van der Waals surface area (Å²) in [5, 5.41) is 13.8. The average molecular weight is 435 g/mol. The standard InChI is InChI=1S/C24H30N6O2/c1-17-13-18(2)30(29-17)22-8-6-5-7-20(22)15-27-24(25-3)28-16-23(31)26-14-19-9-11-21(32-4)12-10-19/h5-13H,14-16H2,1-4H3,(H,26,31)(H2,25,27,28). The van der Waals surface area contributed by atoms with E-state index in [-0.39, 0.29) is 12.5 Å². The average Bonchev–Trinajstić information content (AvgIpc) is 3.15. The molecule has 0 aliphatic carbocycles. The quantitative estimate of drug-likeness (QED) is 0.374. The van der Waals surface area contributed by atoms with Crippen molar-refractivity contribution >= 4 is 11.9 Å². The lowest BCUT2D eigenvalue weighted by Gasteiger charge is -2.15. The fraction of sp³-hybridized carbons (Fsp3) is 0.292. The van der Waals surface area contributed by atoms with Gasteiger partial charge in [-0.2, -0.15) is 5.10 Å². The zero-order valence-corrected chi connectivity index (χ0v) is 19.0. The molecule has 1 heterocycles. The minimum absolute atomic E-state index is 0.119. The Kier molecular flexibility index (Phi) is 7.85. The van der Waals surface area contributed by atoms with Crippen LogP contribution in [-0.4, -0.2) is 42.3 Å². The van der Waals surface area contributed by atoms with Crippen LogP contribution >= 0.6 is 0 Å². The predicted octanol–water partition coefficient (Wildman–Crippen LogP) is 2.48. The maximum absolute atomic E-state index is 12.2. The van der Waals surface area contributed by atoms with Gasteiger partial charge in [-0.25, -0.2) is 4.68 Å². The molecule has 1 aromatic heterocycles. The van der Waals surface area contributed by atoms with Crippen molar-refractivity contribution in [3.8, 4) is 11.4 Å². The van der Waals surface area contributed by atoms with Gasteiger partial charge in [0.25, 0.3) is 0 Å². The van der Waals surface area contributed by atoms with Gasteiger partial charge in [-0.15, -0.1) is 0 Å². The molecule has 0 radical (unpaired) electrons. The first-order valence-electron chi connectivity index (χ1n) is 10.5. The number of rotatable bonds is 8. The summed E-state index contributed by atoms with van der Waals surface area (Å²) in [5.74, 6) is 1.22. The summed E-state index contributed by atoms with van der Waals surface area (Å²) in [6.07, 6.45) is 0.